The van der Waals surface area contributed by atoms with Gasteiger partial charge in [-0.1, -0.05) is 0 Å². The number of esters is 1. The van der Waals surface area contributed by atoms with Gasteiger partial charge in [0.15, 0.2) is 0 Å². The first kappa shape index (κ1) is 10.2. The lowest BCUT2D eigenvalue weighted by atomic mass is 10.3. The molecule has 1 aromatic heterocycles. The van der Waals surface area contributed by atoms with Crippen molar-refractivity contribution in [3.63, 3.8) is 0 Å². The maximum absolute atomic E-state index is 11.0. The van der Waals surface area contributed by atoms with Crippen molar-refractivity contribution in [2.75, 3.05) is 12.3 Å². The molecule has 0 aliphatic heterocycles. The topological polar surface area (TPSA) is 65.2 Å². The fraction of sp³-hybridized carbons (Fsp3) is 0.200. The molecule has 0 atom stereocenters. The first-order valence-corrected chi connectivity index (χ1v) is 4.29. The SMILES string of the molecule is CCOC(=O)/C=C/c1ncccc1N. The van der Waals surface area contributed by atoms with Gasteiger partial charge in [-0.15, -0.1) is 0 Å². The van der Waals surface area contributed by atoms with E-state index in [2.05, 4.69) is 4.98 Å². The van der Waals surface area contributed by atoms with Crippen molar-refractivity contribution in [1.82, 2.24) is 4.98 Å². The van der Waals surface area contributed by atoms with Crippen molar-refractivity contribution in [1.29, 1.82) is 0 Å². The second-order valence-corrected chi connectivity index (χ2v) is 2.56. The third-order valence-corrected chi connectivity index (χ3v) is 1.54. The van der Waals surface area contributed by atoms with Crippen LogP contribution in [0.5, 0.6) is 0 Å². The van der Waals surface area contributed by atoms with Crippen molar-refractivity contribution < 1.29 is 9.53 Å². The molecule has 1 rings (SSSR count). The van der Waals surface area contributed by atoms with Gasteiger partial charge in [0.05, 0.1) is 18.0 Å². The number of nitrogens with zero attached hydrogens (tertiary/aromatic N) is 1. The van der Waals surface area contributed by atoms with Gasteiger partial charge in [0, 0.05) is 12.3 Å². The van der Waals surface area contributed by atoms with E-state index in [1.54, 1.807) is 25.3 Å². The van der Waals surface area contributed by atoms with Gasteiger partial charge in [0.1, 0.15) is 0 Å². The van der Waals surface area contributed by atoms with Gasteiger partial charge in [-0.3, -0.25) is 4.98 Å². The summed E-state index contributed by atoms with van der Waals surface area (Å²) in [5.41, 5.74) is 6.72. The molecule has 4 heteroatoms. The second kappa shape index (κ2) is 5.01. The highest BCUT2D eigenvalue weighted by molar-refractivity contribution is 5.87. The molecule has 0 bridgehead atoms. The molecule has 74 valence electrons. The van der Waals surface area contributed by atoms with Gasteiger partial charge >= 0.3 is 5.97 Å². The molecule has 0 fully saturated rings. The summed E-state index contributed by atoms with van der Waals surface area (Å²) in [6, 6.07) is 3.45. The van der Waals surface area contributed by atoms with E-state index < -0.39 is 5.97 Å². The predicted molar refractivity (Wildman–Crippen MR) is 54.3 cm³/mol. The normalized spacial score (nSPS) is 10.4. The van der Waals surface area contributed by atoms with Crippen LogP contribution in [0.15, 0.2) is 24.4 Å². The highest BCUT2D eigenvalue weighted by Crippen LogP contribution is 2.08. The van der Waals surface area contributed by atoms with E-state index in [-0.39, 0.29) is 0 Å². The summed E-state index contributed by atoms with van der Waals surface area (Å²) < 4.78 is 4.71. The van der Waals surface area contributed by atoms with Crippen LogP contribution in [0.1, 0.15) is 12.6 Å². The molecule has 0 aliphatic carbocycles. The third-order valence-electron chi connectivity index (χ3n) is 1.54. The number of nitrogens with two attached hydrogens (primary N) is 1. The van der Waals surface area contributed by atoms with Crippen molar-refractivity contribution in [3.05, 3.63) is 30.1 Å². The quantitative estimate of drug-likeness (QED) is 0.578. The summed E-state index contributed by atoms with van der Waals surface area (Å²) >= 11 is 0. The Hall–Kier alpha value is -1.84. The molecule has 0 aliphatic rings. The summed E-state index contributed by atoms with van der Waals surface area (Å²) in [6.45, 7) is 2.11. The van der Waals surface area contributed by atoms with Gasteiger partial charge in [-0.05, 0) is 25.1 Å². The first-order chi connectivity index (χ1) is 6.74. The van der Waals surface area contributed by atoms with E-state index in [1.165, 1.54) is 12.2 Å². The number of hydrogen-bond acceptors (Lipinski definition) is 4. The smallest absolute Gasteiger partial charge is 0.330 e. The van der Waals surface area contributed by atoms with E-state index in [1.807, 2.05) is 0 Å². The Labute approximate surface area is 82.4 Å². The second-order valence-electron chi connectivity index (χ2n) is 2.56. The molecule has 1 heterocycles. The van der Waals surface area contributed by atoms with Crippen LogP contribution in [0, 0.1) is 0 Å². The molecule has 0 amide bonds. The van der Waals surface area contributed by atoms with Crippen LogP contribution in [0.25, 0.3) is 6.08 Å². The zero-order valence-corrected chi connectivity index (χ0v) is 7.93. The summed E-state index contributed by atoms with van der Waals surface area (Å²) in [5.74, 6) is -0.391. The van der Waals surface area contributed by atoms with Crippen LogP contribution in [0.4, 0.5) is 5.69 Å². The predicted octanol–water partition coefficient (Wildman–Crippen LogP) is 1.24. The van der Waals surface area contributed by atoms with Crippen molar-refractivity contribution in [2.45, 2.75) is 6.92 Å². The Kier molecular flexibility index (Phi) is 3.67. The lowest BCUT2D eigenvalue weighted by Crippen LogP contribution is -1.99. The Morgan fingerprint density at radius 3 is 3.14 bits per heavy atom. The molecule has 0 spiro atoms. The van der Waals surface area contributed by atoms with E-state index in [4.69, 9.17) is 10.5 Å². The van der Waals surface area contributed by atoms with E-state index in [0.29, 0.717) is 18.0 Å². The van der Waals surface area contributed by atoms with Crippen LogP contribution in [0.2, 0.25) is 0 Å². The Bertz CT molecular complexity index is 348. The average molecular weight is 192 g/mol. The summed E-state index contributed by atoms with van der Waals surface area (Å²) in [5, 5.41) is 0. The summed E-state index contributed by atoms with van der Waals surface area (Å²) in [6.07, 6.45) is 4.46. The van der Waals surface area contributed by atoms with Gasteiger partial charge in [-0.25, -0.2) is 4.79 Å². The first-order valence-electron chi connectivity index (χ1n) is 4.29. The van der Waals surface area contributed by atoms with Crippen LogP contribution < -0.4 is 5.73 Å². The standard InChI is InChI=1S/C10H12N2O2/c1-2-14-10(13)6-5-9-8(11)4-3-7-12-9/h3-7H,2,11H2,1H3/b6-5+. The van der Waals surface area contributed by atoms with E-state index in [0.717, 1.165) is 0 Å². The highest BCUT2D eigenvalue weighted by Gasteiger charge is 1.96. The zero-order valence-electron chi connectivity index (χ0n) is 7.93. The van der Waals surface area contributed by atoms with Crippen molar-refractivity contribution in [2.24, 2.45) is 0 Å². The number of aromatic nitrogens is 1. The van der Waals surface area contributed by atoms with Crippen molar-refractivity contribution >= 4 is 17.7 Å². The molecule has 14 heavy (non-hydrogen) atoms. The molecular formula is C10H12N2O2. The number of hydrogen-bond donors (Lipinski definition) is 1. The number of nitrogen functional groups attached to an aromatic ring is 1. The minimum Gasteiger partial charge on any atom is -0.463 e. The Morgan fingerprint density at radius 2 is 2.50 bits per heavy atom. The molecule has 1 aromatic rings. The Morgan fingerprint density at radius 1 is 1.71 bits per heavy atom. The summed E-state index contributed by atoms with van der Waals surface area (Å²) in [7, 11) is 0. The number of pyridine rings is 1. The molecule has 0 unspecified atom stereocenters. The lowest BCUT2D eigenvalue weighted by molar-refractivity contribution is -0.137. The molecular weight excluding hydrogens is 180 g/mol. The third kappa shape index (κ3) is 2.90. The van der Waals surface area contributed by atoms with Crippen molar-refractivity contribution in [3.8, 4) is 0 Å². The van der Waals surface area contributed by atoms with Gasteiger partial charge in [-0.2, -0.15) is 0 Å². The maximum atomic E-state index is 11.0. The minimum atomic E-state index is -0.391. The van der Waals surface area contributed by atoms with Gasteiger partial charge in [0.25, 0.3) is 0 Å². The minimum absolute atomic E-state index is 0.362. The van der Waals surface area contributed by atoms with Gasteiger partial charge < -0.3 is 10.5 Å². The van der Waals surface area contributed by atoms with Crippen LogP contribution >= 0.6 is 0 Å². The number of carbonyl (C=O) groups is 1. The average Bonchev–Trinajstić information content (AvgIpc) is 2.17. The lowest BCUT2D eigenvalue weighted by Gasteiger charge is -1.97. The monoisotopic (exact) mass is 192 g/mol. The zero-order chi connectivity index (χ0) is 10.4. The van der Waals surface area contributed by atoms with E-state index >= 15 is 0 Å². The van der Waals surface area contributed by atoms with Crippen LogP contribution in [-0.4, -0.2) is 17.6 Å². The number of rotatable bonds is 3. The highest BCUT2D eigenvalue weighted by atomic mass is 16.5. The number of anilines is 1. The summed E-state index contributed by atoms with van der Waals surface area (Å²) in [4.78, 5) is 14.9. The number of carbonyl (C=O) groups excluding carboxylic acids is 1. The molecule has 0 aromatic carbocycles. The molecule has 0 saturated carbocycles. The molecule has 0 radical (unpaired) electrons. The maximum Gasteiger partial charge on any atom is 0.330 e. The van der Waals surface area contributed by atoms with E-state index in [9.17, 15) is 4.79 Å². The fourth-order valence-corrected chi connectivity index (χ4v) is 0.907. The molecule has 0 saturated heterocycles. The van der Waals surface area contributed by atoms with Crippen LogP contribution in [-0.2, 0) is 9.53 Å². The molecule has 4 nitrogen and oxygen atoms in total. The Balaban J connectivity index is 2.69. The fourth-order valence-electron chi connectivity index (χ4n) is 0.907. The molecule has 2 N–H and O–H groups in total. The van der Waals surface area contributed by atoms with Crippen LogP contribution in [0.3, 0.4) is 0 Å². The number of ether oxygens (including phenoxy) is 1. The largest absolute Gasteiger partial charge is 0.463 e. The van der Waals surface area contributed by atoms with Gasteiger partial charge in [0.2, 0.25) is 0 Å².